The molecule has 1 amide bonds. The summed E-state index contributed by atoms with van der Waals surface area (Å²) in [4.78, 5) is 37.2. The highest BCUT2D eigenvalue weighted by Crippen LogP contribution is 2.46. The lowest BCUT2D eigenvalue weighted by Crippen LogP contribution is -2.29. The zero-order valence-corrected chi connectivity index (χ0v) is 23.2. The maximum absolute atomic E-state index is 13.6. The predicted octanol–water partition coefficient (Wildman–Crippen LogP) is 5.90. The Labute approximate surface area is 235 Å². The van der Waals surface area contributed by atoms with Gasteiger partial charge in [-0.15, -0.1) is 0 Å². The average molecular weight is 560 g/mol. The minimum absolute atomic E-state index is 0.0462. The number of nitrogens with zero attached hydrogens (tertiary/aromatic N) is 3. The standard InChI is InChI=1S/C30H29N3O6S/c1-4-15-39-22-10-7-19(16-23(22)38-6-3)26-25(27(34)18-11-13-31-14-12-18)28(35)29(36)33(26)30-32-21-9-8-20(37-5-2)17-24(21)40-30/h7-14,16-17,26,34H,4-6,15H2,1-3H3/b27-25+. The molecule has 1 N–H and O–H groups in total. The monoisotopic (exact) mass is 559 g/mol. The second-order valence-electron chi connectivity index (χ2n) is 8.95. The Hall–Kier alpha value is -4.44. The number of thiazole rings is 1. The second-order valence-corrected chi connectivity index (χ2v) is 9.96. The van der Waals surface area contributed by atoms with Crippen molar-refractivity contribution in [2.75, 3.05) is 24.7 Å². The molecule has 0 spiro atoms. The summed E-state index contributed by atoms with van der Waals surface area (Å²) in [5.74, 6) is -0.162. The van der Waals surface area contributed by atoms with Gasteiger partial charge in [0.25, 0.3) is 5.78 Å². The zero-order chi connectivity index (χ0) is 28.2. The summed E-state index contributed by atoms with van der Waals surface area (Å²) in [6.07, 6.45) is 3.84. The van der Waals surface area contributed by atoms with E-state index >= 15 is 0 Å². The lowest BCUT2D eigenvalue weighted by molar-refractivity contribution is -0.132. The van der Waals surface area contributed by atoms with Gasteiger partial charge in [0.1, 0.15) is 11.5 Å². The molecule has 2 aromatic carbocycles. The van der Waals surface area contributed by atoms with Gasteiger partial charge in [-0.25, -0.2) is 4.98 Å². The number of benzene rings is 2. The van der Waals surface area contributed by atoms with E-state index in [1.54, 1.807) is 30.3 Å². The van der Waals surface area contributed by atoms with Crippen LogP contribution in [0.2, 0.25) is 0 Å². The first-order valence-corrected chi connectivity index (χ1v) is 13.9. The minimum atomic E-state index is -0.959. The average Bonchev–Trinajstić information content (AvgIpc) is 3.50. The van der Waals surface area contributed by atoms with Crippen molar-refractivity contribution < 1.29 is 28.9 Å². The number of carbonyl (C=O) groups excluding carboxylic acids is 2. The molecule has 0 aliphatic carbocycles. The molecule has 1 aliphatic heterocycles. The molecule has 2 aromatic heterocycles. The van der Waals surface area contributed by atoms with Gasteiger partial charge >= 0.3 is 5.91 Å². The molecule has 0 saturated carbocycles. The van der Waals surface area contributed by atoms with E-state index in [2.05, 4.69) is 9.97 Å². The highest BCUT2D eigenvalue weighted by atomic mass is 32.1. The van der Waals surface area contributed by atoms with E-state index in [1.165, 1.54) is 28.6 Å². The number of aliphatic hydroxyl groups excluding tert-OH is 1. The van der Waals surface area contributed by atoms with E-state index < -0.39 is 17.7 Å². The van der Waals surface area contributed by atoms with Crippen LogP contribution < -0.4 is 19.1 Å². The Balaban J connectivity index is 1.69. The van der Waals surface area contributed by atoms with Crippen LogP contribution in [0.25, 0.3) is 16.0 Å². The van der Waals surface area contributed by atoms with Crippen LogP contribution in [0.5, 0.6) is 17.2 Å². The lowest BCUT2D eigenvalue weighted by atomic mass is 9.95. The van der Waals surface area contributed by atoms with Gasteiger partial charge in [-0.2, -0.15) is 0 Å². The first-order valence-electron chi connectivity index (χ1n) is 13.1. The molecule has 9 nitrogen and oxygen atoms in total. The summed E-state index contributed by atoms with van der Waals surface area (Å²) in [5.41, 5.74) is 1.56. The number of ether oxygens (including phenoxy) is 3. The molecule has 40 heavy (non-hydrogen) atoms. The summed E-state index contributed by atoms with van der Waals surface area (Å²) in [6.45, 7) is 7.19. The van der Waals surface area contributed by atoms with E-state index in [1.807, 2.05) is 39.0 Å². The topological polar surface area (TPSA) is 111 Å². The number of amides is 1. The van der Waals surface area contributed by atoms with Crippen molar-refractivity contribution in [3.05, 3.63) is 77.6 Å². The van der Waals surface area contributed by atoms with Crippen LogP contribution in [-0.2, 0) is 9.59 Å². The van der Waals surface area contributed by atoms with Crippen LogP contribution in [0.15, 0.2) is 66.5 Å². The molecule has 1 aliphatic rings. The minimum Gasteiger partial charge on any atom is -0.507 e. The first kappa shape index (κ1) is 27.1. The third-order valence-corrected chi connectivity index (χ3v) is 7.33. The molecule has 1 saturated heterocycles. The maximum atomic E-state index is 13.6. The lowest BCUT2D eigenvalue weighted by Gasteiger charge is -2.24. The van der Waals surface area contributed by atoms with Crippen molar-refractivity contribution >= 4 is 44.1 Å². The smallest absolute Gasteiger partial charge is 0.301 e. The number of pyridine rings is 1. The molecule has 0 bridgehead atoms. The summed E-state index contributed by atoms with van der Waals surface area (Å²) in [6, 6.07) is 13.0. The molecule has 3 heterocycles. The third-order valence-electron chi connectivity index (χ3n) is 6.31. The first-order chi connectivity index (χ1) is 19.5. The number of aromatic nitrogens is 2. The number of Topliss-reactive ketones (excluding diaryl/α,β-unsaturated/α-hetero) is 1. The van der Waals surface area contributed by atoms with Crippen molar-refractivity contribution in [3.8, 4) is 17.2 Å². The largest absolute Gasteiger partial charge is 0.507 e. The Kier molecular flexibility index (Phi) is 7.97. The third kappa shape index (κ3) is 5.10. The molecule has 10 heteroatoms. The van der Waals surface area contributed by atoms with Crippen molar-refractivity contribution in [2.45, 2.75) is 33.2 Å². The van der Waals surface area contributed by atoms with E-state index in [9.17, 15) is 14.7 Å². The van der Waals surface area contributed by atoms with Crippen molar-refractivity contribution in [1.82, 2.24) is 9.97 Å². The molecule has 5 rings (SSSR count). The molecule has 1 fully saturated rings. The number of rotatable bonds is 10. The van der Waals surface area contributed by atoms with Crippen LogP contribution in [-0.4, -0.2) is 46.6 Å². The van der Waals surface area contributed by atoms with Crippen LogP contribution >= 0.6 is 11.3 Å². The van der Waals surface area contributed by atoms with Crippen LogP contribution in [0, 0.1) is 0 Å². The van der Waals surface area contributed by atoms with Gasteiger partial charge < -0.3 is 19.3 Å². The van der Waals surface area contributed by atoms with Crippen molar-refractivity contribution in [3.63, 3.8) is 0 Å². The predicted molar refractivity (Wildman–Crippen MR) is 153 cm³/mol. The van der Waals surface area contributed by atoms with Crippen LogP contribution in [0.1, 0.15) is 44.4 Å². The summed E-state index contributed by atoms with van der Waals surface area (Å²) < 4.78 is 18.2. The Morgan fingerprint density at radius 1 is 0.950 bits per heavy atom. The van der Waals surface area contributed by atoms with Crippen LogP contribution in [0.3, 0.4) is 0 Å². The van der Waals surface area contributed by atoms with Gasteiger partial charge in [-0.3, -0.25) is 19.5 Å². The molecule has 1 atom stereocenters. The van der Waals surface area contributed by atoms with E-state index in [0.29, 0.717) is 58.8 Å². The van der Waals surface area contributed by atoms with Gasteiger partial charge in [-0.1, -0.05) is 24.3 Å². The number of anilines is 1. The van der Waals surface area contributed by atoms with Gasteiger partial charge in [0.2, 0.25) is 0 Å². The normalized spacial score (nSPS) is 16.5. The SMILES string of the molecule is CCCOc1ccc(C2/C(=C(\O)c3ccncc3)C(=O)C(=O)N2c2nc3ccc(OCC)cc3s2)cc1OCC. The van der Waals surface area contributed by atoms with Crippen LogP contribution in [0.4, 0.5) is 5.13 Å². The van der Waals surface area contributed by atoms with E-state index in [0.717, 1.165) is 11.1 Å². The van der Waals surface area contributed by atoms with Crippen molar-refractivity contribution in [1.29, 1.82) is 0 Å². The summed E-state index contributed by atoms with van der Waals surface area (Å²) in [7, 11) is 0. The highest BCUT2D eigenvalue weighted by molar-refractivity contribution is 7.22. The Morgan fingerprint density at radius 3 is 2.45 bits per heavy atom. The fourth-order valence-corrected chi connectivity index (χ4v) is 5.58. The molecule has 206 valence electrons. The summed E-state index contributed by atoms with van der Waals surface area (Å²) >= 11 is 1.27. The quantitative estimate of drug-likeness (QED) is 0.145. The number of aliphatic hydroxyl groups is 1. The second kappa shape index (κ2) is 11.7. The molecular formula is C30H29N3O6S. The number of carbonyl (C=O) groups is 2. The fourth-order valence-electron chi connectivity index (χ4n) is 4.56. The molecule has 4 aromatic rings. The van der Waals surface area contributed by atoms with Gasteiger partial charge in [0, 0.05) is 18.0 Å². The zero-order valence-electron chi connectivity index (χ0n) is 22.4. The number of hydrogen-bond donors (Lipinski definition) is 1. The highest BCUT2D eigenvalue weighted by Gasteiger charge is 2.48. The number of hydrogen-bond acceptors (Lipinski definition) is 9. The number of fused-ring (bicyclic) bond motifs is 1. The Morgan fingerprint density at radius 2 is 1.73 bits per heavy atom. The van der Waals surface area contributed by atoms with Gasteiger partial charge in [-0.05, 0) is 68.3 Å². The Bertz CT molecular complexity index is 1580. The maximum Gasteiger partial charge on any atom is 0.301 e. The molecule has 1 unspecified atom stereocenters. The van der Waals surface area contributed by atoms with Crippen molar-refractivity contribution in [2.24, 2.45) is 0 Å². The van der Waals surface area contributed by atoms with E-state index in [4.69, 9.17) is 14.2 Å². The number of ketones is 1. The summed E-state index contributed by atoms with van der Waals surface area (Å²) in [5, 5.41) is 11.7. The fraction of sp³-hybridized carbons (Fsp3) is 0.267. The van der Waals surface area contributed by atoms with E-state index in [-0.39, 0.29) is 11.3 Å². The van der Waals surface area contributed by atoms with Gasteiger partial charge in [0.15, 0.2) is 16.6 Å². The van der Waals surface area contributed by atoms with Gasteiger partial charge in [0.05, 0.1) is 41.7 Å². The molecule has 0 radical (unpaired) electrons. The molecular weight excluding hydrogens is 530 g/mol.